The molecule has 9 heteroatoms. The average molecular weight is 451 g/mol. The van der Waals surface area contributed by atoms with Crippen molar-refractivity contribution in [3.8, 4) is 0 Å². The second-order valence-corrected chi connectivity index (χ2v) is 8.83. The first kappa shape index (κ1) is 24.5. The monoisotopic (exact) mass is 450 g/mol. The van der Waals surface area contributed by atoms with Gasteiger partial charge in [-0.2, -0.15) is 4.31 Å². The number of esters is 1. The van der Waals surface area contributed by atoms with Crippen LogP contribution in [-0.2, 0) is 19.6 Å². The lowest BCUT2D eigenvalue weighted by Crippen LogP contribution is -2.32. The minimum atomic E-state index is -4.09. The molecule has 0 aliphatic rings. The van der Waals surface area contributed by atoms with E-state index < -0.39 is 39.2 Å². The van der Waals surface area contributed by atoms with Crippen LogP contribution in [0.3, 0.4) is 0 Å². The Balaban J connectivity index is 1.99. The number of nitrogens with zero attached hydrogens (tertiary/aromatic N) is 1. The zero-order valence-corrected chi connectivity index (χ0v) is 18.6. The summed E-state index contributed by atoms with van der Waals surface area (Å²) < 4.78 is 45.4. The number of carbonyl (C=O) groups excluding carboxylic acids is 2. The molecule has 1 unspecified atom stereocenters. The van der Waals surface area contributed by atoms with Crippen molar-refractivity contribution in [2.24, 2.45) is 0 Å². The molecule has 1 atom stereocenters. The highest BCUT2D eigenvalue weighted by atomic mass is 32.2. The fourth-order valence-corrected chi connectivity index (χ4v) is 4.51. The fraction of sp³-hybridized carbons (Fsp3) is 0.364. The highest BCUT2D eigenvalue weighted by Crippen LogP contribution is 2.21. The molecule has 0 bridgehead atoms. The summed E-state index contributed by atoms with van der Waals surface area (Å²) in [6.07, 6.45) is 0. The van der Waals surface area contributed by atoms with E-state index in [1.54, 1.807) is 13.8 Å². The molecule has 0 saturated heterocycles. The average Bonchev–Trinajstić information content (AvgIpc) is 2.77. The lowest BCUT2D eigenvalue weighted by Gasteiger charge is -2.19. The molecule has 0 aromatic heterocycles. The van der Waals surface area contributed by atoms with Gasteiger partial charge in [0, 0.05) is 19.6 Å². The summed E-state index contributed by atoms with van der Waals surface area (Å²) in [5.41, 5.74) is 0.908. The third-order valence-electron chi connectivity index (χ3n) is 4.80. The van der Waals surface area contributed by atoms with Crippen LogP contribution in [0.2, 0.25) is 0 Å². The molecule has 0 heterocycles. The quantitative estimate of drug-likeness (QED) is 0.562. The minimum Gasteiger partial charge on any atom is -0.452 e. The van der Waals surface area contributed by atoms with Crippen molar-refractivity contribution in [3.63, 3.8) is 0 Å². The first-order chi connectivity index (χ1) is 14.7. The molecular weight excluding hydrogens is 423 g/mol. The maximum absolute atomic E-state index is 14.2. The van der Waals surface area contributed by atoms with Crippen LogP contribution in [0.15, 0.2) is 53.4 Å². The van der Waals surface area contributed by atoms with Crippen LogP contribution >= 0.6 is 0 Å². The summed E-state index contributed by atoms with van der Waals surface area (Å²) in [6.45, 7) is 5.38. The Morgan fingerprint density at radius 1 is 1.10 bits per heavy atom. The second kappa shape index (κ2) is 11.0. The van der Waals surface area contributed by atoms with Crippen molar-refractivity contribution in [2.75, 3.05) is 26.2 Å². The van der Waals surface area contributed by atoms with Gasteiger partial charge in [0.2, 0.25) is 10.0 Å². The van der Waals surface area contributed by atoms with Gasteiger partial charge in [-0.1, -0.05) is 51.1 Å². The van der Waals surface area contributed by atoms with E-state index in [1.165, 1.54) is 0 Å². The van der Waals surface area contributed by atoms with Crippen LogP contribution in [0.5, 0.6) is 0 Å². The standard InChI is InChI=1S/C22H27FN2O5S/c1-4-25(5-2)31(28,29)20-13-18(11-12-19(20)23)22(27)30-15-21(26)24-14-16(3)17-9-7-6-8-10-17/h6-13,16H,4-5,14-15H2,1-3H3,(H,24,26). The number of sulfonamides is 1. The summed E-state index contributed by atoms with van der Waals surface area (Å²) in [6, 6.07) is 12.6. The molecule has 0 spiro atoms. The molecular formula is C22H27FN2O5S. The van der Waals surface area contributed by atoms with Crippen LogP contribution in [0, 0.1) is 5.82 Å². The fourth-order valence-electron chi connectivity index (χ4n) is 2.96. The van der Waals surface area contributed by atoms with Gasteiger partial charge in [0.25, 0.3) is 5.91 Å². The van der Waals surface area contributed by atoms with Gasteiger partial charge in [-0.05, 0) is 29.7 Å². The van der Waals surface area contributed by atoms with E-state index in [2.05, 4.69) is 5.32 Å². The molecule has 2 rings (SSSR count). The summed E-state index contributed by atoms with van der Waals surface area (Å²) >= 11 is 0. The highest BCUT2D eigenvalue weighted by Gasteiger charge is 2.26. The minimum absolute atomic E-state index is 0.0748. The van der Waals surface area contributed by atoms with Crippen LogP contribution in [-0.4, -0.2) is 50.8 Å². The van der Waals surface area contributed by atoms with Gasteiger partial charge in [-0.3, -0.25) is 4.79 Å². The van der Waals surface area contributed by atoms with Crippen molar-refractivity contribution in [3.05, 3.63) is 65.5 Å². The zero-order chi connectivity index (χ0) is 23.0. The van der Waals surface area contributed by atoms with Crippen molar-refractivity contribution >= 4 is 21.9 Å². The third-order valence-corrected chi connectivity index (χ3v) is 6.86. The highest BCUT2D eigenvalue weighted by molar-refractivity contribution is 7.89. The Morgan fingerprint density at radius 3 is 2.35 bits per heavy atom. The summed E-state index contributed by atoms with van der Waals surface area (Å²) in [5, 5.41) is 2.68. The molecule has 168 valence electrons. The van der Waals surface area contributed by atoms with Crippen LogP contribution in [0.4, 0.5) is 4.39 Å². The molecule has 0 radical (unpaired) electrons. The first-order valence-corrected chi connectivity index (χ1v) is 11.4. The number of ether oxygens (including phenoxy) is 1. The Bertz CT molecular complexity index is 1010. The number of halogens is 1. The molecule has 1 N–H and O–H groups in total. The van der Waals surface area contributed by atoms with Crippen molar-refractivity contribution in [2.45, 2.75) is 31.6 Å². The lowest BCUT2D eigenvalue weighted by molar-refractivity contribution is -0.124. The van der Waals surface area contributed by atoms with E-state index in [0.717, 1.165) is 28.1 Å². The maximum Gasteiger partial charge on any atom is 0.338 e. The van der Waals surface area contributed by atoms with Crippen LogP contribution in [0.1, 0.15) is 42.6 Å². The predicted octanol–water partition coefficient (Wildman–Crippen LogP) is 2.93. The number of rotatable bonds is 10. The van der Waals surface area contributed by atoms with E-state index >= 15 is 0 Å². The first-order valence-electron chi connectivity index (χ1n) is 9.99. The van der Waals surface area contributed by atoms with Crippen LogP contribution in [0.25, 0.3) is 0 Å². The van der Waals surface area contributed by atoms with E-state index in [4.69, 9.17) is 4.74 Å². The second-order valence-electron chi connectivity index (χ2n) is 6.93. The van der Waals surface area contributed by atoms with Crippen molar-refractivity contribution < 1.29 is 27.1 Å². The van der Waals surface area contributed by atoms with Crippen molar-refractivity contribution in [1.29, 1.82) is 0 Å². The summed E-state index contributed by atoms with van der Waals surface area (Å²) in [5.74, 6) is -2.29. The molecule has 1 amide bonds. The smallest absolute Gasteiger partial charge is 0.338 e. The van der Waals surface area contributed by atoms with Gasteiger partial charge in [0.1, 0.15) is 10.7 Å². The topological polar surface area (TPSA) is 92.8 Å². The molecule has 2 aromatic rings. The molecule has 0 fully saturated rings. The van der Waals surface area contributed by atoms with E-state index in [9.17, 15) is 22.4 Å². The normalized spacial score (nSPS) is 12.4. The van der Waals surface area contributed by atoms with E-state index in [1.807, 2.05) is 37.3 Å². The third kappa shape index (κ3) is 6.35. The van der Waals surface area contributed by atoms with Gasteiger partial charge >= 0.3 is 5.97 Å². The molecule has 31 heavy (non-hydrogen) atoms. The van der Waals surface area contributed by atoms with Gasteiger partial charge in [0.15, 0.2) is 6.61 Å². The molecule has 0 saturated carbocycles. The largest absolute Gasteiger partial charge is 0.452 e. The number of benzene rings is 2. The molecule has 0 aliphatic carbocycles. The van der Waals surface area contributed by atoms with Gasteiger partial charge in [-0.25, -0.2) is 17.6 Å². The summed E-state index contributed by atoms with van der Waals surface area (Å²) in [4.78, 5) is 23.7. The number of carbonyl (C=O) groups is 2. The zero-order valence-electron chi connectivity index (χ0n) is 17.8. The van der Waals surface area contributed by atoms with Gasteiger partial charge < -0.3 is 10.1 Å². The Hall–Kier alpha value is -2.78. The Kier molecular flexibility index (Phi) is 8.70. The number of hydrogen-bond acceptors (Lipinski definition) is 5. The Morgan fingerprint density at radius 2 is 1.74 bits per heavy atom. The Labute approximate surface area is 182 Å². The van der Waals surface area contributed by atoms with E-state index in [0.29, 0.717) is 6.54 Å². The van der Waals surface area contributed by atoms with Gasteiger partial charge in [0.05, 0.1) is 5.56 Å². The molecule has 0 aliphatic heterocycles. The number of nitrogens with one attached hydrogen (secondary N) is 1. The summed E-state index contributed by atoms with van der Waals surface area (Å²) in [7, 11) is -4.09. The maximum atomic E-state index is 14.2. The number of hydrogen-bond donors (Lipinski definition) is 1. The van der Waals surface area contributed by atoms with E-state index in [-0.39, 0.29) is 24.6 Å². The number of amides is 1. The lowest BCUT2D eigenvalue weighted by atomic mass is 10.0. The molecule has 2 aromatic carbocycles. The molecule has 7 nitrogen and oxygen atoms in total. The van der Waals surface area contributed by atoms with Crippen LogP contribution < -0.4 is 5.32 Å². The SMILES string of the molecule is CCN(CC)S(=O)(=O)c1cc(C(=O)OCC(=O)NCC(C)c2ccccc2)ccc1F. The predicted molar refractivity (Wildman–Crippen MR) is 115 cm³/mol. The van der Waals surface area contributed by atoms with Crippen molar-refractivity contribution in [1.82, 2.24) is 9.62 Å². The van der Waals surface area contributed by atoms with Gasteiger partial charge in [-0.15, -0.1) is 0 Å².